The fourth-order valence-corrected chi connectivity index (χ4v) is 3.55. The summed E-state index contributed by atoms with van der Waals surface area (Å²) < 4.78 is 11.2. The maximum atomic E-state index is 12.8. The zero-order chi connectivity index (χ0) is 21.4. The molecule has 0 saturated carbocycles. The molecule has 1 aliphatic heterocycles. The first-order chi connectivity index (χ1) is 14.0. The van der Waals surface area contributed by atoms with Gasteiger partial charge in [0, 0.05) is 24.1 Å². The molecule has 0 fully saturated rings. The average molecular weight is 421 g/mol. The minimum absolute atomic E-state index is 0.208. The van der Waals surface area contributed by atoms with Gasteiger partial charge >= 0.3 is 5.97 Å². The van der Waals surface area contributed by atoms with Crippen LogP contribution in [0.2, 0.25) is 0 Å². The predicted molar refractivity (Wildman–Crippen MR) is 114 cm³/mol. The van der Waals surface area contributed by atoms with E-state index in [1.54, 1.807) is 25.6 Å². The summed E-state index contributed by atoms with van der Waals surface area (Å²) in [5, 5.41) is 15.5. The maximum Gasteiger partial charge on any atom is 0.336 e. The van der Waals surface area contributed by atoms with Crippen molar-refractivity contribution in [2.75, 3.05) is 38.9 Å². The number of esters is 1. The number of carbonyl (C=O) groups excluding carboxylic acids is 2. The van der Waals surface area contributed by atoms with Gasteiger partial charge in [-0.05, 0) is 26.2 Å². The summed E-state index contributed by atoms with van der Waals surface area (Å²) in [6.07, 6.45) is 1.99. The van der Waals surface area contributed by atoms with E-state index in [1.165, 1.54) is 7.05 Å². The van der Waals surface area contributed by atoms with E-state index in [0.29, 0.717) is 34.9 Å². The number of likely N-dealkylation sites (N-methyl/N-ethyl adjacent to an activating group) is 1. The number of ether oxygens (including phenoxy) is 2. The minimum Gasteiger partial charge on any atom is -0.492 e. The molecule has 1 aromatic rings. The average Bonchev–Trinajstić information content (AvgIpc) is 2.73. The number of carbonyl (C=O) groups is 2. The fourth-order valence-electron chi connectivity index (χ4n) is 3.30. The second-order valence-corrected chi connectivity index (χ2v) is 7.31. The molecule has 0 aliphatic carbocycles. The molecule has 29 heavy (non-hydrogen) atoms. The molecule has 1 atom stereocenters. The number of amides is 1. The first kappa shape index (κ1) is 22.8. The highest BCUT2D eigenvalue weighted by molar-refractivity contribution is 7.98. The Morgan fingerprint density at radius 2 is 2.00 bits per heavy atom. The number of hydrogen-bond acceptors (Lipinski definition) is 7. The Balaban J connectivity index is 2.67. The zero-order valence-electron chi connectivity index (χ0n) is 17.2. The van der Waals surface area contributed by atoms with E-state index in [1.807, 2.05) is 30.5 Å². The summed E-state index contributed by atoms with van der Waals surface area (Å²) in [5.41, 5.74) is 2.14. The van der Waals surface area contributed by atoms with E-state index in [2.05, 4.69) is 10.6 Å². The molecule has 0 saturated heterocycles. The van der Waals surface area contributed by atoms with Crippen LogP contribution in [0.3, 0.4) is 0 Å². The first-order valence-electron chi connectivity index (χ1n) is 9.41. The number of thioether (sulfide) groups is 1. The summed E-state index contributed by atoms with van der Waals surface area (Å²) >= 11 is 1.66. The van der Waals surface area contributed by atoms with E-state index in [0.717, 1.165) is 5.75 Å². The molecule has 3 N–H and O–H groups in total. The molecule has 0 bridgehead atoms. The van der Waals surface area contributed by atoms with Crippen LogP contribution in [0.4, 0.5) is 0 Å². The topological polar surface area (TPSA) is 96.9 Å². The Morgan fingerprint density at radius 1 is 1.28 bits per heavy atom. The van der Waals surface area contributed by atoms with Crippen molar-refractivity contribution in [3.05, 3.63) is 52.4 Å². The lowest BCUT2D eigenvalue weighted by molar-refractivity contribution is -0.138. The van der Waals surface area contributed by atoms with Crippen LogP contribution in [-0.4, -0.2) is 55.9 Å². The van der Waals surface area contributed by atoms with Gasteiger partial charge in [0.05, 0.1) is 42.6 Å². The Kier molecular flexibility index (Phi) is 8.60. The van der Waals surface area contributed by atoms with Gasteiger partial charge in [0.2, 0.25) is 5.91 Å². The van der Waals surface area contributed by atoms with Crippen LogP contribution in [0.15, 0.2) is 46.8 Å². The monoisotopic (exact) mass is 420 g/mol. The summed E-state index contributed by atoms with van der Waals surface area (Å²) in [6.45, 7) is 3.79. The number of aliphatic hydroxyl groups excluding tert-OH is 1. The molecule has 1 aliphatic rings. The molecule has 0 spiro atoms. The van der Waals surface area contributed by atoms with Crippen molar-refractivity contribution in [2.45, 2.75) is 19.8 Å². The number of rotatable bonds is 9. The third kappa shape index (κ3) is 5.13. The highest BCUT2D eigenvalue weighted by Crippen LogP contribution is 2.42. The molecule has 1 heterocycles. The van der Waals surface area contributed by atoms with Crippen molar-refractivity contribution < 1.29 is 24.2 Å². The quantitative estimate of drug-likeness (QED) is 0.415. The molecular weight excluding hydrogens is 392 g/mol. The lowest BCUT2D eigenvalue weighted by Gasteiger charge is -2.32. The van der Waals surface area contributed by atoms with Crippen LogP contribution in [0.1, 0.15) is 25.3 Å². The van der Waals surface area contributed by atoms with E-state index in [4.69, 9.17) is 9.47 Å². The van der Waals surface area contributed by atoms with Crippen molar-refractivity contribution in [1.82, 2.24) is 10.6 Å². The molecule has 8 heteroatoms. The number of nitrogens with one attached hydrogen (secondary N) is 2. The molecule has 0 aromatic heterocycles. The number of hydrogen-bond donors (Lipinski definition) is 3. The Morgan fingerprint density at radius 3 is 2.62 bits per heavy atom. The van der Waals surface area contributed by atoms with Crippen molar-refractivity contribution >= 4 is 23.6 Å². The van der Waals surface area contributed by atoms with Crippen molar-refractivity contribution in [1.29, 1.82) is 0 Å². The van der Waals surface area contributed by atoms with Crippen LogP contribution in [0.5, 0.6) is 5.75 Å². The highest BCUT2D eigenvalue weighted by Gasteiger charge is 2.39. The van der Waals surface area contributed by atoms with Crippen molar-refractivity contribution in [2.24, 2.45) is 0 Å². The number of dihydropyridines is 1. The van der Waals surface area contributed by atoms with Gasteiger partial charge in [0.25, 0.3) is 0 Å². The van der Waals surface area contributed by atoms with Crippen LogP contribution in [-0.2, 0) is 14.3 Å². The van der Waals surface area contributed by atoms with E-state index in [-0.39, 0.29) is 24.7 Å². The molecule has 2 rings (SSSR count). The molecule has 1 aromatic carbocycles. The van der Waals surface area contributed by atoms with E-state index in [9.17, 15) is 14.7 Å². The van der Waals surface area contributed by atoms with Crippen molar-refractivity contribution in [3.63, 3.8) is 0 Å². The standard InChI is InChI=1S/C21H28N2O5S/c1-5-27-21(26)17-13(2)23-15(12-24)19(20(25)22-3)18(17)14-8-6-7-9-16(14)28-10-11-29-4/h6-9,18,23-24H,5,10-12H2,1-4H3,(H,22,25). The van der Waals surface area contributed by atoms with Gasteiger partial charge in [-0.2, -0.15) is 11.8 Å². The Hall–Kier alpha value is -2.45. The van der Waals surface area contributed by atoms with Gasteiger partial charge < -0.3 is 25.2 Å². The number of allylic oxidation sites excluding steroid dienone is 1. The van der Waals surface area contributed by atoms with Gasteiger partial charge in [0.1, 0.15) is 5.75 Å². The number of benzene rings is 1. The molecule has 1 unspecified atom stereocenters. The largest absolute Gasteiger partial charge is 0.492 e. The second kappa shape index (κ2) is 10.9. The fraction of sp³-hybridized carbons (Fsp3) is 0.429. The molecule has 1 amide bonds. The SMILES string of the molecule is CCOC(=O)C1=C(C)NC(CO)=C(C(=O)NC)C1c1ccccc1OCCSC. The molecule has 7 nitrogen and oxygen atoms in total. The van der Waals surface area contributed by atoms with Crippen molar-refractivity contribution in [3.8, 4) is 5.75 Å². The van der Waals surface area contributed by atoms with Crippen LogP contribution in [0.25, 0.3) is 0 Å². The maximum absolute atomic E-state index is 12.8. The van der Waals surface area contributed by atoms with Gasteiger partial charge in [-0.25, -0.2) is 4.79 Å². The molecular formula is C21H28N2O5S. The molecule has 0 radical (unpaired) electrons. The second-order valence-electron chi connectivity index (χ2n) is 6.33. The first-order valence-corrected chi connectivity index (χ1v) is 10.8. The molecule has 158 valence electrons. The Labute approximate surface area is 175 Å². The summed E-state index contributed by atoms with van der Waals surface area (Å²) in [6, 6.07) is 7.32. The van der Waals surface area contributed by atoms with Gasteiger partial charge in [-0.15, -0.1) is 0 Å². The summed E-state index contributed by atoms with van der Waals surface area (Å²) in [5.74, 6) is -0.246. The van der Waals surface area contributed by atoms with Gasteiger partial charge in [0.15, 0.2) is 0 Å². The number of para-hydroxylation sites is 1. The Bertz CT molecular complexity index is 819. The third-order valence-corrected chi connectivity index (χ3v) is 5.12. The zero-order valence-corrected chi connectivity index (χ0v) is 18.0. The lowest BCUT2D eigenvalue weighted by atomic mass is 9.79. The number of aliphatic hydroxyl groups is 1. The summed E-state index contributed by atoms with van der Waals surface area (Å²) in [7, 11) is 1.51. The van der Waals surface area contributed by atoms with E-state index >= 15 is 0 Å². The predicted octanol–water partition coefficient (Wildman–Crippen LogP) is 1.94. The van der Waals surface area contributed by atoms with Crippen LogP contribution in [0, 0.1) is 0 Å². The lowest BCUT2D eigenvalue weighted by Crippen LogP contribution is -2.37. The highest BCUT2D eigenvalue weighted by atomic mass is 32.2. The minimum atomic E-state index is -0.733. The third-order valence-electron chi connectivity index (χ3n) is 4.55. The van der Waals surface area contributed by atoms with Crippen LogP contribution >= 0.6 is 11.8 Å². The van der Waals surface area contributed by atoms with Crippen LogP contribution < -0.4 is 15.4 Å². The summed E-state index contributed by atoms with van der Waals surface area (Å²) in [4.78, 5) is 25.6. The normalized spacial score (nSPS) is 16.4. The van der Waals surface area contributed by atoms with E-state index < -0.39 is 11.9 Å². The smallest absolute Gasteiger partial charge is 0.336 e. The van der Waals surface area contributed by atoms with Gasteiger partial charge in [-0.3, -0.25) is 4.79 Å². The van der Waals surface area contributed by atoms with Gasteiger partial charge in [-0.1, -0.05) is 18.2 Å².